The number of hydrogen-bond donors (Lipinski definition) is 6. The third kappa shape index (κ3) is 9.40. The molecule has 5 atom stereocenters. The number of nitrogen functional groups attached to an aromatic ring is 1. The molecule has 3 unspecified atom stereocenters. The van der Waals surface area contributed by atoms with E-state index in [1.807, 2.05) is 38.1 Å². The summed E-state index contributed by atoms with van der Waals surface area (Å²) in [5, 5.41) is 0.286. The number of nitrogens with zero attached hydrogens (tertiary/aromatic N) is 5. The highest BCUT2D eigenvalue weighted by molar-refractivity contribution is 7.69. The number of phosphoric acid groups is 4. The number of fused-ring (bicyclic) bond motifs is 3. The summed E-state index contributed by atoms with van der Waals surface area (Å²) in [5.41, 5.74) is 9.46. The van der Waals surface area contributed by atoms with Crippen LogP contribution in [0.15, 0.2) is 63.6 Å². The summed E-state index contributed by atoms with van der Waals surface area (Å²) < 4.78 is 67.8. The van der Waals surface area contributed by atoms with Crippen molar-refractivity contribution in [2.45, 2.75) is 44.4 Å². The SMILES string of the molecule is CC1(C)C2=C(Cl)C(=O)C(Cl)=CC2=Nc2ccccc21.Nc1ncnc2c1ncn2[C@H]1CC[C@@H](COP(=O)(O)OP(=O)(O)OP(=O)(O)OP(=O)(O)O)O1. The van der Waals surface area contributed by atoms with Gasteiger partial charge in [-0.3, -0.25) is 13.9 Å². The minimum atomic E-state index is -5.87. The maximum atomic E-state index is 11.9. The number of hydrogen-bond acceptors (Lipinski definition) is 15. The molecular weight excluding hydrogens is 819 g/mol. The Kier molecular flexibility index (Phi) is 11.7. The van der Waals surface area contributed by atoms with Gasteiger partial charge in [0.25, 0.3) is 0 Å². The summed E-state index contributed by atoms with van der Waals surface area (Å²) in [6.45, 7) is 3.46. The Morgan fingerprint density at radius 2 is 1.62 bits per heavy atom. The minimum absolute atomic E-state index is 0.114. The van der Waals surface area contributed by atoms with Gasteiger partial charge in [-0.25, -0.2) is 38.2 Å². The highest BCUT2D eigenvalue weighted by Gasteiger charge is 2.45. The molecule has 6 rings (SSSR count). The first-order valence-electron chi connectivity index (χ1n) is 14.4. The van der Waals surface area contributed by atoms with E-state index in [-0.39, 0.29) is 27.1 Å². The van der Waals surface area contributed by atoms with Crippen molar-refractivity contribution in [2.75, 3.05) is 12.3 Å². The molecule has 21 nitrogen and oxygen atoms in total. The molecule has 2 aromatic heterocycles. The van der Waals surface area contributed by atoms with E-state index in [1.165, 1.54) is 12.7 Å². The molecule has 1 aromatic carbocycles. The highest BCUT2D eigenvalue weighted by atomic mass is 35.5. The van der Waals surface area contributed by atoms with Crippen molar-refractivity contribution in [1.29, 1.82) is 0 Å². The summed E-state index contributed by atoms with van der Waals surface area (Å²) in [7, 11) is -22.7. The Morgan fingerprint density at radius 1 is 0.962 bits per heavy atom. The van der Waals surface area contributed by atoms with E-state index in [1.54, 1.807) is 10.6 Å². The number of halogens is 2. The molecule has 52 heavy (non-hydrogen) atoms. The maximum absolute atomic E-state index is 11.9. The summed E-state index contributed by atoms with van der Waals surface area (Å²) in [5.74, 6) is -0.172. The first-order valence-corrected chi connectivity index (χ1v) is 21.2. The van der Waals surface area contributed by atoms with E-state index in [0.29, 0.717) is 29.7 Å². The number of benzene rings is 1. The Bertz CT molecular complexity index is 2220. The van der Waals surface area contributed by atoms with Gasteiger partial charge in [0.1, 0.15) is 18.1 Å². The van der Waals surface area contributed by atoms with Gasteiger partial charge in [0, 0.05) is 11.0 Å². The van der Waals surface area contributed by atoms with Gasteiger partial charge in [-0.05, 0) is 30.5 Å². The molecule has 1 aliphatic carbocycles. The van der Waals surface area contributed by atoms with Crippen molar-refractivity contribution in [2.24, 2.45) is 4.99 Å². The van der Waals surface area contributed by atoms with Gasteiger partial charge in [0.15, 0.2) is 11.5 Å². The van der Waals surface area contributed by atoms with Crippen molar-refractivity contribution in [3.05, 3.63) is 64.2 Å². The fraction of sp³-hybridized carbons (Fsp3) is 0.320. The van der Waals surface area contributed by atoms with Crippen LogP contribution in [0.4, 0.5) is 11.5 Å². The highest BCUT2D eigenvalue weighted by Crippen LogP contribution is 2.70. The second-order valence-electron chi connectivity index (χ2n) is 11.5. The number of ether oxygens (including phenoxy) is 1. The molecular formula is C25H28Cl2N6O15P4. The molecule has 0 spiro atoms. The molecule has 282 valence electrons. The van der Waals surface area contributed by atoms with Crippen molar-refractivity contribution in [3.8, 4) is 0 Å². The Balaban J connectivity index is 0.000000231. The standard InChI is InChI=1S/C15H11Cl2NO.C10H17N5O14P4/c1-15(2)8-5-3-4-6-10(8)18-11-7-9(16)14(19)13(17)12(11)15;11-9-8-10(13-4-12-9)15(5-14-8)7-2-1-6(26-7)3-25-31(19,20)28-33(23,24)29-32(21,22)27-30(16,17)18/h3-7H,1-2H3;4-7H,1-3H2,(H,19,20)(H,21,22)(H,23,24)(H2,11,12,13)(H2,16,17,18)/t;6-,7+/m.0/s1. The molecule has 0 saturated carbocycles. The van der Waals surface area contributed by atoms with Crippen LogP contribution in [-0.4, -0.2) is 68.2 Å². The summed E-state index contributed by atoms with van der Waals surface area (Å²) >= 11 is 12.1. The van der Waals surface area contributed by atoms with Gasteiger partial charge in [0.05, 0.1) is 40.5 Å². The summed E-state index contributed by atoms with van der Waals surface area (Å²) in [6, 6.07) is 7.86. The van der Waals surface area contributed by atoms with Gasteiger partial charge < -0.3 is 34.9 Å². The average molecular weight is 847 g/mol. The number of Topliss-reactive ketones (excluding diaryl/α,β-unsaturated/α-hetero) is 1. The predicted octanol–water partition coefficient (Wildman–Crippen LogP) is 4.80. The maximum Gasteiger partial charge on any atom is 0.490 e. The van der Waals surface area contributed by atoms with Crippen LogP contribution in [0.1, 0.15) is 38.5 Å². The van der Waals surface area contributed by atoms with Gasteiger partial charge in [0.2, 0.25) is 5.78 Å². The third-order valence-electron chi connectivity index (χ3n) is 7.43. The van der Waals surface area contributed by atoms with Gasteiger partial charge >= 0.3 is 31.3 Å². The zero-order valence-corrected chi connectivity index (χ0v) is 31.6. The number of imidazole rings is 1. The molecule has 1 fully saturated rings. The molecule has 2 aliphatic heterocycles. The summed E-state index contributed by atoms with van der Waals surface area (Å²) in [4.78, 5) is 73.3. The smallest absolute Gasteiger partial charge is 0.382 e. The minimum Gasteiger partial charge on any atom is -0.382 e. The number of rotatable bonds is 10. The number of para-hydroxylation sites is 1. The molecule has 3 aromatic rings. The van der Waals surface area contributed by atoms with Gasteiger partial charge in [-0.1, -0.05) is 55.2 Å². The number of carbonyl (C=O) groups excluding carboxylic acids is 1. The van der Waals surface area contributed by atoms with Crippen LogP contribution in [-0.2, 0) is 50.7 Å². The van der Waals surface area contributed by atoms with E-state index < -0.39 is 50.2 Å². The third-order valence-corrected chi connectivity index (χ3v) is 13.5. The summed E-state index contributed by atoms with van der Waals surface area (Å²) in [6.07, 6.45) is 3.55. The second kappa shape index (κ2) is 15.0. The van der Waals surface area contributed by atoms with Gasteiger partial charge in [-0.2, -0.15) is 12.9 Å². The van der Waals surface area contributed by atoms with E-state index in [9.17, 15) is 32.8 Å². The van der Waals surface area contributed by atoms with Crippen LogP contribution < -0.4 is 5.73 Å². The first kappa shape index (κ1) is 40.7. The fourth-order valence-electron chi connectivity index (χ4n) is 5.36. The van der Waals surface area contributed by atoms with E-state index in [2.05, 4.69) is 37.4 Å². The number of aromatic nitrogens is 4. The lowest BCUT2D eigenvalue weighted by Gasteiger charge is -2.35. The van der Waals surface area contributed by atoms with Crippen LogP contribution in [0.25, 0.3) is 11.2 Å². The first-order chi connectivity index (χ1) is 24.0. The van der Waals surface area contributed by atoms with E-state index >= 15 is 0 Å². The number of aliphatic imine (C=N–C) groups is 1. The number of phosphoric ester groups is 1. The van der Waals surface area contributed by atoms with E-state index in [0.717, 1.165) is 16.8 Å². The number of carbonyl (C=O) groups is 1. The van der Waals surface area contributed by atoms with Crippen molar-refractivity contribution < 1.29 is 69.7 Å². The monoisotopic (exact) mass is 846 g/mol. The number of allylic oxidation sites excluding steroid dienone is 4. The normalized spacial score (nSPS) is 23.3. The van der Waals surface area contributed by atoms with Crippen LogP contribution >= 0.6 is 54.5 Å². The molecule has 4 heterocycles. The van der Waals surface area contributed by atoms with Crippen LogP contribution in [0.5, 0.6) is 0 Å². The second-order valence-corrected chi connectivity index (χ2v) is 18.3. The molecule has 0 radical (unpaired) electrons. The number of nitrogens with two attached hydrogens (primary N) is 1. The Morgan fingerprint density at radius 3 is 2.31 bits per heavy atom. The van der Waals surface area contributed by atoms with Crippen molar-refractivity contribution >= 4 is 88.7 Å². The molecule has 7 N–H and O–H groups in total. The average Bonchev–Trinajstić information content (AvgIpc) is 3.64. The van der Waals surface area contributed by atoms with Crippen LogP contribution in [0.3, 0.4) is 0 Å². The topological polar surface area (TPSA) is 315 Å². The Hall–Kier alpha value is -2.51. The lowest BCUT2D eigenvalue weighted by Crippen LogP contribution is -2.32. The molecule has 0 amide bonds. The zero-order chi connectivity index (χ0) is 38.4. The molecule has 1 saturated heterocycles. The lowest BCUT2D eigenvalue weighted by atomic mass is 9.71. The predicted molar refractivity (Wildman–Crippen MR) is 182 cm³/mol. The van der Waals surface area contributed by atoms with Crippen LogP contribution in [0, 0.1) is 0 Å². The largest absolute Gasteiger partial charge is 0.490 e. The van der Waals surface area contributed by atoms with Crippen molar-refractivity contribution in [3.63, 3.8) is 0 Å². The molecule has 27 heteroatoms. The van der Waals surface area contributed by atoms with Gasteiger partial charge in [-0.15, -0.1) is 0 Å². The number of ketones is 1. The number of anilines is 1. The zero-order valence-electron chi connectivity index (χ0n) is 26.5. The quantitative estimate of drug-likeness (QED) is 0.118. The van der Waals surface area contributed by atoms with Crippen LogP contribution in [0.2, 0.25) is 0 Å². The lowest BCUT2D eigenvalue weighted by molar-refractivity contribution is -0.111. The van der Waals surface area contributed by atoms with Crippen molar-refractivity contribution in [1.82, 2.24) is 19.5 Å². The molecule has 3 aliphatic rings. The van der Waals surface area contributed by atoms with E-state index in [4.69, 9.17) is 48.4 Å². The molecule has 0 bridgehead atoms. The Labute approximate surface area is 303 Å². The fourth-order valence-corrected chi connectivity index (χ4v) is 10.5.